The molecule has 0 bridgehead atoms. The Morgan fingerprint density at radius 3 is 2.60 bits per heavy atom. The molecule has 0 saturated carbocycles. The van der Waals surface area contributed by atoms with Crippen molar-refractivity contribution in [3.8, 4) is 0 Å². The fourth-order valence-corrected chi connectivity index (χ4v) is 5.55. The summed E-state index contributed by atoms with van der Waals surface area (Å²) in [5.41, 5.74) is 1.32. The van der Waals surface area contributed by atoms with Crippen molar-refractivity contribution in [1.82, 2.24) is 0 Å². The molecule has 3 aromatic rings. The first-order valence-corrected chi connectivity index (χ1v) is 10.3. The van der Waals surface area contributed by atoms with Gasteiger partial charge in [0.25, 0.3) is 10.0 Å². The normalized spacial score (nSPS) is 11.5. The number of ether oxygens (including phenoxy) is 1. The number of hydrogen-bond acceptors (Lipinski definition) is 5. The maximum atomic E-state index is 13.0. The van der Waals surface area contributed by atoms with E-state index in [4.69, 9.17) is 4.74 Å². The summed E-state index contributed by atoms with van der Waals surface area (Å²) in [6.45, 7) is 1.86. The molecule has 0 spiro atoms. The molecular formula is C17H14BrNO4S2. The SMILES string of the molecule is COC(=O)c1sc2ccccc2c1S(=O)(=O)Nc1ccc(Br)c(C)c1. The molecule has 1 heterocycles. The topological polar surface area (TPSA) is 72.5 Å². The highest BCUT2D eigenvalue weighted by Gasteiger charge is 2.29. The first-order chi connectivity index (χ1) is 11.8. The lowest BCUT2D eigenvalue weighted by atomic mass is 10.2. The van der Waals surface area contributed by atoms with E-state index in [0.717, 1.165) is 21.4 Å². The van der Waals surface area contributed by atoms with Gasteiger partial charge in [0.1, 0.15) is 9.77 Å². The lowest BCUT2D eigenvalue weighted by molar-refractivity contribution is 0.0602. The maximum Gasteiger partial charge on any atom is 0.349 e. The van der Waals surface area contributed by atoms with Crippen molar-refractivity contribution in [3.63, 3.8) is 0 Å². The van der Waals surface area contributed by atoms with Gasteiger partial charge in [0, 0.05) is 20.2 Å². The molecule has 0 fully saturated rings. The standard InChI is InChI=1S/C17H14BrNO4S2/c1-10-9-11(7-8-13(10)18)19-25(21,22)16-12-5-3-4-6-14(12)24-15(16)17(20)23-2/h3-9,19H,1-2H3. The molecule has 0 saturated heterocycles. The number of methoxy groups -OCH3 is 1. The third-order valence-corrected chi connectivity index (χ3v) is 7.24. The quantitative estimate of drug-likeness (QED) is 0.604. The second kappa shape index (κ2) is 6.78. The van der Waals surface area contributed by atoms with Crippen molar-refractivity contribution in [3.05, 3.63) is 57.4 Å². The highest BCUT2D eigenvalue weighted by atomic mass is 79.9. The van der Waals surface area contributed by atoms with Gasteiger partial charge < -0.3 is 4.74 Å². The van der Waals surface area contributed by atoms with Crippen molar-refractivity contribution in [1.29, 1.82) is 0 Å². The number of hydrogen-bond donors (Lipinski definition) is 1. The molecule has 0 aliphatic carbocycles. The van der Waals surface area contributed by atoms with Crippen LogP contribution < -0.4 is 4.72 Å². The monoisotopic (exact) mass is 439 g/mol. The minimum atomic E-state index is -3.97. The summed E-state index contributed by atoms with van der Waals surface area (Å²) in [4.78, 5) is 12.1. The number of benzene rings is 2. The lowest BCUT2D eigenvalue weighted by Gasteiger charge is -2.10. The number of fused-ring (bicyclic) bond motifs is 1. The summed E-state index contributed by atoms with van der Waals surface area (Å²) in [5.74, 6) is -0.673. The number of carbonyl (C=O) groups excluding carboxylic acids is 1. The Morgan fingerprint density at radius 2 is 1.92 bits per heavy atom. The molecule has 130 valence electrons. The van der Waals surface area contributed by atoms with Gasteiger partial charge in [0.15, 0.2) is 0 Å². The molecule has 0 atom stereocenters. The predicted octanol–water partition coefficient (Wildman–Crippen LogP) is 4.56. The third kappa shape index (κ3) is 3.42. The smallest absolute Gasteiger partial charge is 0.349 e. The number of aryl methyl sites for hydroxylation is 1. The molecule has 1 N–H and O–H groups in total. The van der Waals surface area contributed by atoms with E-state index in [2.05, 4.69) is 20.7 Å². The number of thiophene rings is 1. The highest BCUT2D eigenvalue weighted by molar-refractivity contribution is 9.10. The lowest BCUT2D eigenvalue weighted by Crippen LogP contribution is -2.16. The van der Waals surface area contributed by atoms with Crippen LogP contribution in [-0.4, -0.2) is 21.5 Å². The van der Waals surface area contributed by atoms with E-state index < -0.39 is 16.0 Å². The van der Waals surface area contributed by atoms with Gasteiger partial charge in [-0.1, -0.05) is 34.1 Å². The number of rotatable bonds is 4. The Kier molecular flexibility index (Phi) is 4.86. The van der Waals surface area contributed by atoms with E-state index in [1.807, 2.05) is 6.92 Å². The predicted molar refractivity (Wildman–Crippen MR) is 103 cm³/mol. The van der Waals surface area contributed by atoms with Gasteiger partial charge in [0.05, 0.1) is 7.11 Å². The van der Waals surface area contributed by atoms with Crippen LogP contribution in [0.15, 0.2) is 51.8 Å². The molecular weight excluding hydrogens is 426 g/mol. The molecule has 0 unspecified atom stereocenters. The number of nitrogens with one attached hydrogen (secondary N) is 1. The van der Waals surface area contributed by atoms with Gasteiger partial charge >= 0.3 is 5.97 Å². The van der Waals surface area contributed by atoms with Crippen LogP contribution in [-0.2, 0) is 14.8 Å². The first kappa shape index (κ1) is 17.9. The number of halogens is 1. The molecule has 1 aromatic heterocycles. The van der Waals surface area contributed by atoms with Crippen molar-refractivity contribution < 1.29 is 17.9 Å². The van der Waals surface area contributed by atoms with Crippen molar-refractivity contribution in [2.45, 2.75) is 11.8 Å². The fraction of sp³-hybridized carbons (Fsp3) is 0.118. The van der Waals surface area contributed by atoms with Crippen LogP contribution in [0.4, 0.5) is 5.69 Å². The van der Waals surface area contributed by atoms with E-state index in [9.17, 15) is 13.2 Å². The Bertz CT molecular complexity index is 1070. The average Bonchev–Trinajstić information content (AvgIpc) is 2.97. The van der Waals surface area contributed by atoms with Crippen molar-refractivity contribution in [2.75, 3.05) is 11.8 Å². The summed E-state index contributed by atoms with van der Waals surface area (Å²) in [6, 6.07) is 12.1. The molecule has 0 radical (unpaired) electrons. The zero-order valence-corrected chi connectivity index (χ0v) is 16.6. The van der Waals surface area contributed by atoms with E-state index in [1.54, 1.807) is 42.5 Å². The fourth-order valence-electron chi connectivity index (χ4n) is 2.43. The van der Waals surface area contributed by atoms with Crippen LogP contribution in [0.3, 0.4) is 0 Å². The summed E-state index contributed by atoms with van der Waals surface area (Å²) < 4.78 is 34.9. The van der Waals surface area contributed by atoms with Crippen LogP contribution >= 0.6 is 27.3 Å². The maximum absolute atomic E-state index is 13.0. The highest BCUT2D eigenvalue weighted by Crippen LogP contribution is 2.36. The van der Waals surface area contributed by atoms with E-state index in [-0.39, 0.29) is 9.77 Å². The van der Waals surface area contributed by atoms with Crippen LogP contribution in [0.25, 0.3) is 10.1 Å². The minimum absolute atomic E-state index is 0.0551. The first-order valence-electron chi connectivity index (χ1n) is 7.22. The van der Waals surface area contributed by atoms with Gasteiger partial charge in [0.2, 0.25) is 0 Å². The van der Waals surface area contributed by atoms with Crippen LogP contribution in [0, 0.1) is 6.92 Å². The molecule has 0 amide bonds. The summed E-state index contributed by atoms with van der Waals surface area (Å²) in [6.07, 6.45) is 0. The van der Waals surface area contributed by atoms with Crippen LogP contribution in [0.2, 0.25) is 0 Å². The molecule has 3 rings (SSSR count). The molecule has 25 heavy (non-hydrogen) atoms. The van der Waals surface area contributed by atoms with Gasteiger partial charge in [-0.05, 0) is 36.8 Å². The Labute approximate surface area is 157 Å². The van der Waals surface area contributed by atoms with Crippen LogP contribution in [0.1, 0.15) is 15.2 Å². The molecule has 0 aliphatic rings. The number of anilines is 1. The Hall–Kier alpha value is -1.90. The number of carbonyl (C=O) groups is 1. The van der Waals surface area contributed by atoms with E-state index in [0.29, 0.717) is 15.8 Å². The van der Waals surface area contributed by atoms with E-state index in [1.165, 1.54) is 7.11 Å². The number of esters is 1. The van der Waals surface area contributed by atoms with Gasteiger partial charge in [-0.25, -0.2) is 13.2 Å². The molecule has 2 aromatic carbocycles. The van der Waals surface area contributed by atoms with Gasteiger partial charge in [-0.15, -0.1) is 11.3 Å². The number of sulfonamides is 1. The largest absolute Gasteiger partial charge is 0.465 e. The van der Waals surface area contributed by atoms with E-state index >= 15 is 0 Å². The van der Waals surface area contributed by atoms with Crippen molar-refractivity contribution >= 4 is 59.0 Å². The van der Waals surface area contributed by atoms with Crippen molar-refractivity contribution in [2.24, 2.45) is 0 Å². The minimum Gasteiger partial charge on any atom is -0.465 e. The summed E-state index contributed by atoms with van der Waals surface area (Å²) >= 11 is 4.48. The van der Waals surface area contributed by atoms with Gasteiger partial charge in [-0.3, -0.25) is 4.72 Å². The third-order valence-electron chi connectivity index (χ3n) is 3.60. The van der Waals surface area contributed by atoms with Gasteiger partial charge in [-0.2, -0.15) is 0 Å². The zero-order chi connectivity index (χ0) is 18.2. The molecule has 0 aliphatic heterocycles. The Morgan fingerprint density at radius 1 is 1.20 bits per heavy atom. The Balaban J connectivity index is 2.15. The second-order valence-electron chi connectivity index (χ2n) is 5.32. The molecule has 8 heteroatoms. The molecule has 5 nitrogen and oxygen atoms in total. The van der Waals surface area contributed by atoms with Crippen LogP contribution in [0.5, 0.6) is 0 Å². The average molecular weight is 440 g/mol. The second-order valence-corrected chi connectivity index (χ2v) is 8.84. The summed E-state index contributed by atoms with van der Waals surface area (Å²) in [5, 5.41) is 0.495. The zero-order valence-electron chi connectivity index (χ0n) is 13.4. The summed E-state index contributed by atoms with van der Waals surface area (Å²) in [7, 11) is -2.74.